The van der Waals surface area contributed by atoms with Crippen molar-refractivity contribution in [3.05, 3.63) is 30.3 Å². The van der Waals surface area contributed by atoms with Gasteiger partial charge in [-0.25, -0.2) is 0 Å². The van der Waals surface area contributed by atoms with Gasteiger partial charge in [0.05, 0.1) is 11.5 Å². The molecule has 0 heterocycles. The van der Waals surface area contributed by atoms with Crippen LogP contribution in [0.25, 0.3) is 0 Å². The molecule has 0 spiro atoms. The molecule has 0 radical (unpaired) electrons. The summed E-state index contributed by atoms with van der Waals surface area (Å²) >= 11 is 0. The summed E-state index contributed by atoms with van der Waals surface area (Å²) in [6.07, 6.45) is 12.3. The highest BCUT2D eigenvalue weighted by Crippen LogP contribution is 2.13. The predicted octanol–water partition coefficient (Wildman–Crippen LogP) is 4.92. The van der Waals surface area contributed by atoms with Crippen LogP contribution < -0.4 is 0 Å². The molecule has 5 heteroatoms. The Balaban J connectivity index is 0.00000254. The van der Waals surface area contributed by atoms with Crippen molar-refractivity contribution in [2.75, 3.05) is 13.7 Å². The third kappa shape index (κ3) is 11.6. The monoisotopic (exact) mass is 358 g/mol. The minimum Gasteiger partial charge on any atom is -0.400 e. The van der Waals surface area contributed by atoms with Gasteiger partial charge in [0.15, 0.2) is 0 Å². The lowest BCUT2D eigenvalue weighted by Gasteiger charge is -2.05. The number of aliphatic hydroxyl groups excluding tert-OH is 1. The highest BCUT2D eigenvalue weighted by Gasteiger charge is 2.13. The Hall–Kier alpha value is -0.910. The van der Waals surface area contributed by atoms with Crippen LogP contribution in [0.3, 0.4) is 0 Å². The summed E-state index contributed by atoms with van der Waals surface area (Å²) in [7, 11) is -2.57. The standard InChI is InChI=1S/C18H30O3S.CH4O/c1-2-3-4-5-6-7-8-9-10-14-17-21-22(19,20)18-15-12-11-13-16-18;1-2/h11-13,15-16H,2-10,14,17H2,1H3;2H,1H3. The average molecular weight is 359 g/mol. The van der Waals surface area contributed by atoms with Gasteiger partial charge in [-0.15, -0.1) is 0 Å². The Bertz CT molecular complexity index is 471. The molecule has 0 aliphatic rings. The lowest BCUT2D eigenvalue weighted by Crippen LogP contribution is -2.07. The lowest BCUT2D eigenvalue weighted by molar-refractivity contribution is 0.306. The van der Waals surface area contributed by atoms with Gasteiger partial charge in [-0.2, -0.15) is 8.42 Å². The number of aliphatic hydroxyl groups is 1. The van der Waals surface area contributed by atoms with E-state index in [2.05, 4.69) is 6.92 Å². The molecule has 0 aromatic heterocycles. The first kappa shape index (κ1) is 23.1. The van der Waals surface area contributed by atoms with Crippen molar-refractivity contribution in [3.63, 3.8) is 0 Å². The van der Waals surface area contributed by atoms with Crippen LogP contribution >= 0.6 is 0 Å². The Labute approximate surface area is 148 Å². The van der Waals surface area contributed by atoms with Crippen LogP contribution in [0.1, 0.15) is 71.1 Å². The number of benzene rings is 1. The molecule has 0 bridgehead atoms. The molecule has 1 N–H and O–H groups in total. The van der Waals surface area contributed by atoms with Gasteiger partial charge < -0.3 is 5.11 Å². The van der Waals surface area contributed by atoms with Gasteiger partial charge >= 0.3 is 0 Å². The van der Waals surface area contributed by atoms with Gasteiger partial charge in [0.25, 0.3) is 10.1 Å². The van der Waals surface area contributed by atoms with E-state index < -0.39 is 10.1 Å². The third-order valence-electron chi connectivity index (χ3n) is 3.77. The van der Waals surface area contributed by atoms with E-state index >= 15 is 0 Å². The van der Waals surface area contributed by atoms with Gasteiger partial charge in [0.1, 0.15) is 0 Å². The summed E-state index contributed by atoms with van der Waals surface area (Å²) in [5.41, 5.74) is 0. The molecule has 0 aliphatic heterocycles. The summed E-state index contributed by atoms with van der Waals surface area (Å²) in [6.45, 7) is 2.52. The Morgan fingerprint density at radius 2 is 1.25 bits per heavy atom. The normalized spacial score (nSPS) is 11.0. The lowest BCUT2D eigenvalue weighted by atomic mass is 10.1. The average Bonchev–Trinajstić information content (AvgIpc) is 2.62. The zero-order valence-electron chi connectivity index (χ0n) is 15.2. The van der Waals surface area contributed by atoms with Gasteiger partial charge in [-0.1, -0.05) is 82.9 Å². The molecule has 1 aromatic carbocycles. The molecule has 1 aromatic rings. The second-order valence-electron chi connectivity index (χ2n) is 5.77. The van der Waals surface area contributed by atoms with Crippen LogP contribution in [0.15, 0.2) is 35.2 Å². The molecule has 0 atom stereocenters. The molecule has 0 unspecified atom stereocenters. The predicted molar refractivity (Wildman–Crippen MR) is 99.6 cm³/mol. The molecule has 4 nitrogen and oxygen atoms in total. The highest BCUT2D eigenvalue weighted by atomic mass is 32.2. The smallest absolute Gasteiger partial charge is 0.296 e. The molecule has 24 heavy (non-hydrogen) atoms. The van der Waals surface area contributed by atoms with Crippen molar-refractivity contribution >= 4 is 10.1 Å². The fourth-order valence-corrected chi connectivity index (χ4v) is 3.38. The van der Waals surface area contributed by atoms with Crippen LogP contribution in [0.4, 0.5) is 0 Å². The number of hydrogen-bond donors (Lipinski definition) is 1. The van der Waals surface area contributed by atoms with Crippen molar-refractivity contribution in [2.24, 2.45) is 0 Å². The molecule has 0 saturated carbocycles. The first-order valence-electron chi connectivity index (χ1n) is 9.06. The quantitative estimate of drug-likeness (QED) is 0.401. The number of unbranched alkanes of at least 4 members (excludes halogenated alkanes) is 9. The zero-order valence-corrected chi connectivity index (χ0v) is 16.1. The van der Waals surface area contributed by atoms with Crippen LogP contribution in [0.2, 0.25) is 0 Å². The summed E-state index contributed by atoms with van der Waals surface area (Å²) in [6, 6.07) is 8.33. The van der Waals surface area contributed by atoms with Gasteiger partial charge in [-0.3, -0.25) is 4.18 Å². The summed E-state index contributed by atoms with van der Waals surface area (Å²) in [5.74, 6) is 0. The second kappa shape index (κ2) is 15.6. The van der Waals surface area contributed by atoms with Crippen molar-refractivity contribution in [1.29, 1.82) is 0 Å². The number of rotatable bonds is 13. The fourth-order valence-electron chi connectivity index (χ4n) is 2.41. The molecule has 0 aliphatic carbocycles. The van der Waals surface area contributed by atoms with Gasteiger partial charge in [0, 0.05) is 7.11 Å². The van der Waals surface area contributed by atoms with Crippen LogP contribution in [0.5, 0.6) is 0 Å². The largest absolute Gasteiger partial charge is 0.400 e. The van der Waals surface area contributed by atoms with E-state index in [0.29, 0.717) is 0 Å². The summed E-state index contributed by atoms with van der Waals surface area (Å²) < 4.78 is 28.8. The second-order valence-corrected chi connectivity index (χ2v) is 7.39. The molecular weight excluding hydrogens is 324 g/mol. The summed E-state index contributed by atoms with van der Waals surface area (Å²) in [4.78, 5) is 0.238. The molecule has 140 valence electrons. The van der Waals surface area contributed by atoms with Crippen LogP contribution in [-0.4, -0.2) is 27.2 Å². The minimum atomic E-state index is -3.57. The first-order valence-corrected chi connectivity index (χ1v) is 10.5. The number of hydrogen-bond acceptors (Lipinski definition) is 4. The SMILES string of the molecule is CCCCCCCCCCCCOS(=O)(=O)c1ccccc1.CO. The van der Waals surface area contributed by atoms with E-state index in [1.165, 1.54) is 51.4 Å². The maximum atomic E-state index is 11.9. The van der Waals surface area contributed by atoms with E-state index in [-0.39, 0.29) is 11.5 Å². The first-order chi connectivity index (χ1) is 11.7. The third-order valence-corrected chi connectivity index (χ3v) is 5.09. The maximum Gasteiger partial charge on any atom is 0.296 e. The van der Waals surface area contributed by atoms with E-state index in [4.69, 9.17) is 9.29 Å². The molecular formula is C19H34O4S. The van der Waals surface area contributed by atoms with Crippen LogP contribution in [-0.2, 0) is 14.3 Å². The fraction of sp³-hybridized carbons (Fsp3) is 0.684. The molecule has 0 saturated heterocycles. The van der Waals surface area contributed by atoms with Gasteiger partial charge in [-0.05, 0) is 18.6 Å². The Kier molecular flexibility index (Phi) is 15.0. The summed E-state index contributed by atoms with van der Waals surface area (Å²) in [5, 5.41) is 7.00. The van der Waals surface area contributed by atoms with Crippen molar-refractivity contribution < 1.29 is 17.7 Å². The Morgan fingerprint density at radius 3 is 1.75 bits per heavy atom. The van der Waals surface area contributed by atoms with Crippen LogP contribution in [0, 0.1) is 0 Å². The molecule has 0 fully saturated rings. The highest BCUT2D eigenvalue weighted by molar-refractivity contribution is 7.86. The minimum absolute atomic E-state index is 0.238. The van der Waals surface area contributed by atoms with Crippen molar-refractivity contribution in [2.45, 2.75) is 76.0 Å². The maximum absolute atomic E-state index is 11.9. The van der Waals surface area contributed by atoms with Crippen molar-refractivity contribution in [3.8, 4) is 0 Å². The zero-order chi connectivity index (χ0) is 18.1. The molecule has 1 rings (SSSR count). The Morgan fingerprint density at radius 1 is 0.792 bits per heavy atom. The van der Waals surface area contributed by atoms with E-state index in [1.807, 2.05) is 0 Å². The van der Waals surface area contributed by atoms with E-state index in [1.54, 1.807) is 30.3 Å². The molecule has 0 amide bonds. The topological polar surface area (TPSA) is 63.6 Å². The van der Waals surface area contributed by atoms with Gasteiger partial charge in [0.2, 0.25) is 0 Å². The van der Waals surface area contributed by atoms with Crippen molar-refractivity contribution in [1.82, 2.24) is 0 Å². The van der Waals surface area contributed by atoms with E-state index in [9.17, 15) is 8.42 Å². The van der Waals surface area contributed by atoms with E-state index in [0.717, 1.165) is 20.0 Å².